The van der Waals surface area contributed by atoms with Crippen molar-refractivity contribution in [2.45, 2.75) is 6.54 Å². The molecular weight excluding hydrogens is 314 g/mol. The molecule has 0 unspecified atom stereocenters. The summed E-state index contributed by atoms with van der Waals surface area (Å²) >= 11 is 9.54. The van der Waals surface area contributed by atoms with Gasteiger partial charge in [-0.1, -0.05) is 39.7 Å². The maximum absolute atomic E-state index is 6.11. The Bertz CT molecular complexity index is 545. The molecule has 2 nitrogen and oxygen atoms in total. The SMILES string of the molecule is COc1cccc(CNc2cc(Br)ccc2Cl)c1. The lowest BCUT2D eigenvalue weighted by molar-refractivity contribution is 0.414. The molecule has 0 saturated carbocycles. The quantitative estimate of drug-likeness (QED) is 0.877. The van der Waals surface area contributed by atoms with Crippen molar-refractivity contribution in [2.24, 2.45) is 0 Å². The van der Waals surface area contributed by atoms with E-state index in [1.165, 1.54) is 0 Å². The monoisotopic (exact) mass is 325 g/mol. The predicted octanol–water partition coefficient (Wildman–Crippen LogP) is 4.72. The van der Waals surface area contributed by atoms with Gasteiger partial charge in [0.15, 0.2) is 0 Å². The second-order valence-electron chi connectivity index (χ2n) is 3.83. The van der Waals surface area contributed by atoms with Gasteiger partial charge in [0.25, 0.3) is 0 Å². The van der Waals surface area contributed by atoms with Gasteiger partial charge >= 0.3 is 0 Å². The average Bonchev–Trinajstić information content (AvgIpc) is 2.40. The van der Waals surface area contributed by atoms with Crippen LogP contribution in [0.15, 0.2) is 46.9 Å². The van der Waals surface area contributed by atoms with Crippen LogP contribution < -0.4 is 10.1 Å². The summed E-state index contributed by atoms with van der Waals surface area (Å²) in [6.45, 7) is 0.702. The summed E-state index contributed by atoms with van der Waals surface area (Å²) in [4.78, 5) is 0. The first-order chi connectivity index (χ1) is 8.69. The third kappa shape index (κ3) is 3.40. The zero-order valence-corrected chi connectivity index (χ0v) is 12.3. The van der Waals surface area contributed by atoms with E-state index in [-0.39, 0.29) is 0 Å². The molecule has 18 heavy (non-hydrogen) atoms. The number of anilines is 1. The molecule has 0 aliphatic carbocycles. The summed E-state index contributed by atoms with van der Waals surface area (Å²) in [7, 11) is 1.66. The van der Waals surface area contributed by atoms with Gasteiger partial charge in [-0.25, -0.2) is 0 Å². The van der Waals surface area contributed by atoms with Crippen LogP contribution in [0.2, 0.25) is 5.02 Å². The van der Waals surface area contributed by atoms with Crippen LogP contribution in [0, 0.1) is 0 Å². The van der Waals surface area contributed by atoms with E-state index in [4.69, 9.17) is 16.3 Å². The lowest BCUT2D eigenvalue weighted by Gasteiger charge is -2.10. The summed E-state index contributed by atoms with van der Waals surface area (Å²) in [6.07, 6.45) is 0. The summed E-state index contributed by atoms with van der Waals surface area (Å²) in [5.41, 5.74) is 2.05. The van der Waals surface area contributed by atoms with E-state index in [2.05, 4.69) is 21.2 Å². The van der Waals surface area contributed by atoms with Gasteiger partial charge < -0.3 is 10.1 Å². The van der Waals surface area contributed by atoms with Crippen molar-refractivity contribution in [2.75, 3.05) is 12.4 Å². The van der Waals surface area contributed by atoms with Gasteiger partial charge in [0, 0.05) is 11.0 Å². The lowest BCUT2D eigenvalue weighted by atomic mass is 10.2. The number of ether oxygens (including phenoxy) is 1. The fraction of sp³-hybridized carbons (Fsp3) is 0.143. The summed E-state index contributed by atoms with van der Waals surface area (Å²) in [5, 5.41) is 4.01. The van der Waals surface area contributed by atoms with Crippen LogP contribution in [-0.4, -0.2) is 7.11 Å². The minimum Gasteiger partial charge on any atom is -0.497 e. The normalized spacial score (nSPS) is 10.2. The molecule has 0 spiro atoms. The van der Waals surface area contributed by atoms with Crippen LogP contribution in [0.3, 0.4) is 0 Å². The summed E-state index contributed by atoms with van der Waals surface area (Å²) in [5.74, 6) is 0.856. The Hall–Kier alpha value is -1.19. The van der Waals surface area contributed by atoms with E-state index < -0.39 is 0 Å². The molecule has 2 aromatic carbocycles. The van der Waals surface area contributed by atoms with Gasteiger partial charge in [-0.3, -0.25) is 0 Å². The molecule has 0 atom stereocenters. The Labute approximate surface area is 120 Å². The van der Waals surface area contributed by atoms with Gasteiger partial charge in [-0.2, -0.15) is 0 Å². The van der Waals surface area contributed by atoms with Crippen molar-refractivity contribution in [1.29, 1.82) is 0 Å². The molecular formula is C14H13BrClNO. The average molecular weight is 327 g/mol. The Morgan fingerprint density at radius 1 is 1.22 bits per heavy atom. The van der Waals surface area contributed by atoms with E-state index in [9.17, 15) is 0 Å². The molecule has 0 aliphatic heterocycles. The smallest absolute Gasteiger partial charge is 0.119 e. The predicted molar refractivity (Wildman–Crippen MR) is 79.5 cm³/mol. The minimum atomic E-state index is 0.702. The topological polar surface area (TPSA) is 21.3 Å². The fourth-order valence-corrected chi connectivity index (χ4v) is 2.16. The molecule has 0 aliphatic rings. The number of rotatable bonds is 4. The van der Waals surface area contributed by atoms with Crippen LogP contribution in [0.1, 0.15) is 5.56 Å². The highest BCUT2D eigenvalue weighted by Gasteiger charge is 2.01. The number of halogens is 2. The Morgan fingerprint density at radius 2 is 2.06 bits per heavy atom. The van der Waals surface area contributed by atoms with E-state index >= 15 is 0 Å². The molecule has 1 N–H and O–H groups in total. The molecule has 0 saturated heterocycles. The Morgan fingerprint density at radius 3 is 2.83 bits per heavy atom. The Balaban J connectivity index is 2.08. The van der Waals surface area contributed by atoms with Crippen LogP contribution in [0.5, 0.6) is 5.75 Å². The van der Waals surface area contributed by atoms with E-state index in [1.54, 1.807) is 7.11 Å². The third-order valence-corrected chi connectivity index (χ3v) is 3.37. The van der Waals surface area contributed by atoms with Crippen LogP contribution >= 0.6 is 27.5 Å². The van der Waals surface area contributed by atoms with Gasteiger partial charge in [0.1, 0.15) is 5.75 Å². The maximum atomic E-state index is 6.11. The van der Waals surface area contributed by atoms with Gasteiger partial charge in [0.2, 0.25) is 0 Å². The van der Waals surface area contributed by atoms with Crippen molar-refractivity contribution < 1.29 is 4.74 Å². The number of hydrogen-bond donors (Lipinski definition) is 1. The minimum absolute atomic E-state index is 0.702. The first kappa shape index (κ1) is 13.2. The molecule has 4 heteroatoms. The lowest BCUT2D eigenvalue weighted by Crippen LogP contribution is -2.00. The van der Waals surface area contributed by atoms with E-state index in [1.807, 2.05) is 42.5 Å². The second kappa shape index (κ2) is 6.12. The molecule has 0 aromatic heterocycles. The zero-order chi connectivity index (χ0) is 13.0. The Kier molecular flexibility index (Phi) is 4.50. The number of hydrogen-bond acceptors (Lipinski definition) is 2. The van der Waals surface area contributed by atoms with E-state index in [0.29, 0.717) is 11.6 Å². The van der Waals surface area contributed by atoms with Crippen LogP contribution in [-0.2, 0) is 6.54 Å². The molecule has 2 rings (SSSR count). The molecule has 0 radical (unpaired) electrons. The van der Waals surface area contributed by atoms with Crippen LogP contribution in [0.4, 0.5) is 5.69 Å². The molecule has 94 valence electrons. The first-order valence-electron chi connectivity index (χ1n) is 5.51. The highest BCUT2D eigenvalue weighted by molar-refractivity contribution is 9.10. The van der Waals surface area contributed by atoms with Crippen LogP contribution in [0.25, 0.3) is 0 Å². The highest BCUT2D eigenvalue weighted by Crippen LogP contribution is 2.26. The van der Waals surface area contributed by atoms with Gasteiger partial charge in [-0.15, -0.1) is 0 Å². The third-order valence-electron chi connectivity index (χ3n) is 2.55. The number of nitrogens with one attached hydrogen (secondary N) is 1. The van der Waals surface area contributed by atoms with Gasteiger partial charge in [-0.05, 0) is 35.9 Å². The largest absolute Gasteiger partial charge is 0.497 e. The molecule has 0 bridgehead atoms. The van der Waals surface area contributed by atoms with Crippen molar-refractivity contribution in [1.82, 2.24) is 0 Å². The standard InChI is InChI=1S/C14H13BrClNO/c1-18-12-4-2-3-10(7-12)9-17-14-8-11(15)5-6-13(14)16/h2-8,17H,9H2,1H3. The summed E-state index contributed by atoms with van der Waals surface area (Å²) < 4.78 is 6.19. The fourth-order valence-electron chi connectivity index (χ4n) is 1.61. The highest BCUT2D eigenvalue weighted by atomic mass is 79.9. The first-order valence-corrected chi connectivity index (χ1v) is 6.68. The van der Waals surface area contributed by atoms with Crippen molar-refractivity contribution in [3.8, 4) is 5.75 Å². The molecule has 0 fully saturated rings. The maximum Gasteiger partial charge on any atom is 0.119 e. The van der Waals surface area contributed by atoms with Gasteiger partial charge in [0.05, 0.1) is 17.8 Å². The van der Waals surface area contributed by atoms with Crippen molar-refractivity contribution >= 4 is 33.2 Å². The van der Waals surface area contributed by atoms with Crippen molar-refractivity contribution in [3.63, 3.8) is 0 Å². The second-order valence-corrected chi connectivity index (χ2v) is 5.15. The van der Waals surface area contributed by atoms with Crippen molar-refractivity contribution in [3.05, 3.63) is 57.5 Å². The zero-order valence-electron chi connectivity index (χ0n) is 9.91. The number of methoxy groups -OCH3 is 1. The number of benzene rings is 2. The summed E-state index contributed by atoms with van der Waals surface area (Å²) in [6, 6.07) is 13.7. The van der Waals surface area contributed by atoms with E-state index in [0.717, 1.165) is 21.5 Å². The molecule has 0 amide bonds. The molecule has 0 heterocycles. The molecule has 2 aromatic rings.